The van der Waals surface area contributed by atoms with E-state index in [0.717, 1.165) is 13.0 Å². The molecule has 0 aromatic heterocycles. The molecule has 0 bridgehead atoms. The predicted molar refractivity (Wildman–Crippen MR) is 66.5 cm³/mol. The lowest BCUT2D eigenvalue weighted by atomic mass is 9.74. The Kier molecular flexibility index (Phi) is 3.20. The van der Waals surface area contributed by atoms with Crippen LogP contribution < -0.4 is 5.32 Å². The molecule has 1 heterocycles. The Morgan fingerprint density at radius 3 is 2.69 bits per heavy atom. The number of rotatable bonds is 2. The van der Waals surface area contributed by atoms with E-state index in [4.69, 9.17) is 0 Å². The van der Waals surface area contributed by atoms with E-state index in [1.54, 1.807) is 6.07 Å². The number of phenolic OH excluding ortho intramolecular Hbond substituents is 1. The maximum atomic E-state index is 9.61. The lowest BCUT2D eigenvalue weighted by Gasteiger charge is -2.42. The van der Waals surface area contributed by atoms with Gasteiger partial charge in [-0.2, -0.15) is 0 Å². The van der Waals surface area contributed by atoms with Crippen LogP contribution in [-0.4, -0.2) is 11.7 Å². The van der Waals surface area contributed by atoms with Crippen molar-refractivity contribution in [2.24, 2.45) is 5.92 Å². The van der Waals surface area contributed by atoms with Gasteiger partial charge in [-0.15, -0.1) is 0 Å². The number of nitrogens with one attached hydrogen (secondary N) is 1. The standard InChI is InChI=1S/C14H21NO/c1-11(2)14(8-3-4-9-15-14)12-6-5-7-13(16)10-12/h5-7,10-11,15-16H,3-4,8-9H2,1-2H3. The van der Waals surface area contributed by atoms with Crippen LogP contribution in [0.4, 0.5) is 0 Å². The smallest absolute Gasteiger partial charge is 0.115 e. The zero-order valence-corrected chi connectivity index (χ0v) is 10.2. The minimum Gasteiger partial charge on any atom is -0.508 e. The van der Waals surface area contributed by atoms with E-state index < -0.39 is 0 Å². The number of benzene rings is 1. The minimum atomic E-state index is 0.0526. The van der Waals surface area contributed by atoms with E-state index in [2.05, 4.69) is 25.2 Å². The van der Waals surface area contributed by atoms with Crippen LogP contribution in [0.25, 0.3) is 0 Å². The third-order valence-corrected chi connectivity index (χ3v) is 3.79. The summed E-state index contributed by atoms with van der Waals surface area (Å²) in [7, 11) is 0. The van der Waals surface area contributed by atoms with Crippen LogP contribution >= 0.6 is 0 Å². The van der Waals surface area contributed by atoms with Gasteiger partial charge in [0.15, 0.2) is 0 Å². The molecule has 1 aliphatic rings. The fourth-order valence-electron chi connectivity index (χ4n) is 2.78. The third-order valence-electron chi connectivity index (χ3n) is 3.79. The molecule has 2 nitrogen and oxygen atoms in total. The van der Waals surface area contributed by atoms with Crippen molar-refractivity contribution in [2.75, 3.05) is 6.54 Å². The fourth-order valence-corrected chi connectivity index (χ4v) is 2.78. The Hall–Kier alpha value is -1.02. The molecule has 0 spiro atoms. The lowest BCUT2D eigenvalue weighted by molar-refractivity contribution is 0.184. The summed E-state index contributed by atoms with van der Waals surface area (Å²) in [5.41, 5.74) is 1.28. The second kappa shape index (κ2) is 4.46. The minimum absolute atomic E-state index is 0.0526. The van der Waals surface area contributed by atoms with Crippen molar-refractivity contribution in [1.82, 2.24) is 5.32 Å². The van der Waals surface area contributed by atoms with Crippen molar-refractivity contribution >= 4 is 0 Å². The van der Waals surface area contributed by atoms with Crippen molar-refractivity contribution in [3.63, 3.8) is 0 Å². The Morgan fingerprint density at radius 1 is 1.31 bits per heavy atom. The van der Waals surface area contributed by atoms with E-state index in [0.29, 0.717) is 11.7 Å². The zero-order chi connectivity index (χ0) is 11.6. The van der Waals surface area contributed by atoms with E-state index in [-0.39, 0.29) is 5.54 Å². The highest BCUT2D eigenvalue weighted by Crippen LogP contribution is 2.37. The van der Waals surface area contributed by atoms with Gasteiger partial charge in [-0.05, 0) is 49.4 Å². The van der Waals surface area contributed by atoms with Gasteiger partial charge in [0.1, 0.15) is 5.75 Å². The Balaban J connectivity index is 2.38. The molecule has 1 saturated heterocycles. The number of hydrogen-bond acceptors (Lipinski definition) is 2. The second-order valence-electron chi connectivity index (χ2n) is 5.06. The van der Waals surface area contributed by atoms with Crippen LogP contribution in [0.3, 0.4) is 0 Å². The van der Waals surface area contributed by atoms with Gasteiger partial charge in [-0.3, -0.25) is 0 Å². The molecule has 1 aliphatic heterocycles. The number of hydrogen-bond donors (Lipinski definition) is 2. The van der Waals surface area contributed by atoms with Crippen LogP contribution in [-0.2, 0) is 5.54 Å². The van der Waals surface area contributed by atoms with Crippen LogP contribution in [0, 0.1) is 5.92 Å². The molecule has 0 aliphatic carbocycles. The summed E-state index contributed by atoms with van der Waals surface area (Å²) in [5, 5.41) is 13.3. The Bertz CT molecular complexity index is 354. The van der Waals surface area contributed by atoms with E-state index >= 15 is 0 Å². The van der Waals surface area contributed by atoms with Gasteiger partial charge in [0.2, 0.25) is 0 Å². The van der Waals surface area contributed by atoms with Gasteiger partial charge < -0.3 is 10.4 Å². The largest absolute Gasteiger partial charge is 0.508 e. The first-order valence-corrected chi connectivity index (χ1v) is 6.20. The fraction of sp³-hybridized carbons (Fsp3) is 0.571. The van der Waals surface area contributed by atoms with Crippen molar-refractivity contribution in [3.05, 3.63) is 29.8 Å². The average Bonchev–Trinajstić information content (AvgIpc) is 2.30. The maximum absolute atomic E-state index is 9.61. The SMILES string of the molecule is CC(C)C1(c2cccc(O)c2)CCCCN1. The summed E-state index contributed by atoms with van der Waals surface area (Å²) >= 11 is 0. The monoisotopic (exact) mass is 219 g/mol. The first kappa shape index (κ1) is 11.5. The quantitative estimate of drug-likeness (QED) is 0.801. The molecule has 1 fully saturated rings. The zero-order valence-electron chi connectivity index (χ0n) is 10.2. The van der Waals surface area contributed by atoms with Crippen LogP contribution in [0.5, 0.6) is 5.75 Å². The maximum Gasteiger partial charge on any atom is 0.115 e. The van der Waals surface area contributed by atoms with Crippen LogP contribution in [0.15, 0.2) is 24.3 Å². The molecule has 16 heavy (non-hydrogen) atoms. The molecule has 1 atom stereocenters. The van der Waals surface area contributed by atoms with Crippen molar-refractivity contribution < 1.29 is 5.11 Å². The molecule has 0 amide bonds. The molecule has 0 radical (unpaired) electrons. The van der Waals surface area contributed by atoms with Crippen molar-refractivity contribution in [3.8, 4) is 5.75 Å². The molecule has 0 saturated carbocycles. The number of piperidine rings is 1. The van der Waals surface area contributed by atoms with Crippen LogP contribution in [0.1, 0.15) is 38.7 Å². The molecule has 1 aromatic rings. The van der Waals surface area contributed by atoms with Gasteiger partial charge in [0.05, 0.1) is 0 Å². The number of phenols is 1. The first-order chi connectivity index (χ1) is 7.65. The molecule has 2 heteroatoms. The molecular weight excluding hydrogens is 198 g/mol. The van der Waals surface area contributed by atoms with Gasteiger partial charge in [-0.1, -0.05) is 26.0 Å². The van der Waals surface area contributed by atoms with Gasteiger partial charge in [-0.25, -0.2) is 0 Å². The molecule has 1 unspecified atom stereocenters. The van der Waals surface area contributed by atoms with E-state index in [9.17, 15) is 5.11 Å². The first-order valence-electron chi connectivity index (χ1n) is 6.20. The summed E-state index contributed by atoms with van der Waals surface area (Å²) in [6.07, 6.45) is 3.68. The highest BCUT2D eigenvalue weighted by Gasteiger charge is 2.36. The van der Waals surface area contributed by atoms with Crippen molar-refractivity contribution in [1.29, 1.82) is 0 Å². The lowest BCUT2D eigenvalue weighted by Crippen LogP contribution is -2.49. The Labute approximate surface area is 97.7 Å². The summed E-state index contributed by atoms with van der Waals surface area (Å²) in [6, 6.07) is 7.70. The molecule has 2 rings (SSSR count). The summed E-state index contributed by atoms with van der Waals surface area (Å²) < 4.78 is 0. The summed E-state index contributed by atoms with van der Waals surface area (Å²) in [5.74, 6) is 0.902. The highest BCUT2D eigenvalue weighted by molar-refractivity contribution is 5.33. The normalized spacial score (nSPS) is 25.9. The van der Waals surface area contributed by atoms with Crippen molar-refractivity contribution in [2.45, 2.75) is 38.6 Å². The highest BCUT2D eigenvalue weighted by atomic mass is 16.3. The average molecular weight is 219 g/mol. The van der Waals surface area contributed by atoms with Gasteiger partial charge in [0.25, 0.3) is 0 Å². The Morgan fingerprint density at radius 2 is 2.12 bits per heavy atom. The van der Waals surface area contributed by atoms with Crippen LogP contribution in [0.2, 0.25) is 0 Å². The molecular formula is C14H21NO. The third kappa shape index (κ3) is 1.94. The second-order valence-corrected chi connectivity index (χ2v) is 5.06. The number of aromatic hydroxyl groups is 1. The van der Waals surface area contributed by atoms with Gasteiger partial charge >= 0.3 is 0 Å². The summed E-state index contributed by atoms with van der Waals surface area (Å²) in [6.45, 7) is 5.58. The van der Waals surface area contributed by atoms with E-state index in [1.165, 1.54) is 18.4 Å². The van der Waals surface area contributed by atoms with E-state index in [1.807, 2.05) is 12.1 Å². The molecule has 1 aromatic carbocycles. The topological polar surface area (TPSA) is 32.3 Å². The summed E-state index contributed by atoms with van der Waals surface area (Å²) in [4.78, 5) is 0. The molecule has 2 N–H and O–H groups in total. The predicted octanol–water partition coefficient (Wildman–Crippen LogP) is 3.02. The van der Waals surface area contributed by atoms with Gasteiger partial charge in [0, 0.05) is 5.54 Å². The molecule has 88 valence electrons.